The number of carbonyl (C=O) groups excluding carboxylic acids is 1. The molecule has 0 fully saturated rings. The van der Waals surface area contributed by atoms with Crippen molar-refractivity contribution < 1.29 is 13.9 Å². The zero-order valence-corrected chi connectivity index (χ0v) is 11.5. The number of nitrogen functional groups attached to an aromatic ring is 1. The molecule has 1 aromatic carbocycles. The predicted octanol–water partition coefficient (Wildman–Crippen LogP) is 2.81. The number of rotatable bonds is 6. The third-order valence-corrected chi connectivity index (χ3v) is 3.04. The Hall–Kier alpha value is -2.30. The maximum atomic E-state index is 11.0. The molecular weight excluding hydrogens is 256 g/mol. The first kappa shape index (κ1) is 14.1. The molecule has 0 saturated carbocycles. The predicted molar refractivity (Wildman–Crippen MR) is 75.9 cm³/mol. The van der Waals surface area contributed by atoms with E-state index < -0.39 is 0 Å². The van der Waals surface area contributed by atoms with Crippen molar-refractivity contribution in [2.45, 2.75) is 25.7 Å². The van der Waals surface area contributed by atoms with Crippen molar-refractivity contribution in [2.75, 3.05) is 12.8 Å². The standard InChI is InChI=1S/C15H18N2O3/c1-19-15(18)9-5-4-8-14-17-13(10-20-14)11-6-2-3-7-12(11)16/h2-3,6-7,10H,4-5,8-9,16H2,1H3. The molecule has 2 aromatic rings. The van der Waals surface area contributed by atoms with Gasteiger partial charge in [0.05, 0.1) is 7.11 Å². The lowest BCUT2D eigenvalue weighted by Crippen LogP contribution is -1.99. The maximum Gasteiger partial charge on any atom is 0.305 e. The highest BCUT2D eigenvalue weighted by Crippen LogP contribution is 2.24. The van der Waals surface area contributed by atoms with E-state index >= 15 is 0 Å². The van der Waals surface area contributed by atoms with Crippen LogP contribution in [0.25, 0.3) is 11.3 Å². The highest BCUT2D eigenvalue weighted by molar-refractivity contribution is 5.72. The van der Waals surface area contributed by atoms with Crippen molar-refractivity contribution in [1.82, 2.24) is 4.98 Å². The summed E-state index contributed by atoms with van der Waals surface area (Å²) in [7, 11) is 1.40. The molecule has 2 rings (SSSR count). The summed E-state index contributed by atoms with van der Waals surface area (Å²) in [6.45, 7) is 0. The number of nitrogens with zero attached hydrogens (tertiary/aromatic N) is 1. The van der Waals surface area contributed by atoms with Gasteiger partial charge < -0.3 is 14.9 Å². The Bertz CT molecular complexity index is 578. The van der Waals surface area contributed by atoms with Crippen LogP contribution in [0.3, 0.4) is 0 Å². The molecule has 2 N–H and O–H groups in total. The molecule has 0 bridgehead atoms. The molecule has 0 aliphatic rings. The van der Waals surface area contributed by atoms with Gasteiger partial charge in [-0.25, -0.2) is 4.98 Å². The Labute approximate surface area is 117 Å². The number of nitrogens with two attached hydrogens (primary N) is 1. The Morgan fingerprint density at radius 1 is 1.35 bits per heavy atom. The van der Waals surface area contributed by atoms with Crippen LogP contribution in [0.1, 0.15) is 25.2 Å². The number of para-hydroxylation sites is 1. The summed E-state index contributed by atoms with van der Waals surface area (Å²) in [5.74, 6) is 0.475. The van der Waals surface area contributed by atoms with Crippen LogP contribution >= 0.6 is 0 Å². The molecule has 0 atom stereocenters. The Morgan fingerprint density at radius 3 is 2.90 bits per heavy atom. The minimum Gasteiger partial charge on any atom is -0.469 e. The van der Waals surface area contributed by atoms with E-state index in [4.69, 9.17) is 10.2 Å². The second-order valence-electron chi connectivity index (χ2n) is 4.50. The highest BCUT2D eigenvalue weighted by Gasteiger charge is 2.09. The summed E-state index contributed by atoms with van der Waals surface area (Å²) in [6.07, 6.45) is 4.33. The maximum absolute atomic E-state index is 11.0. The third-order valence-electron chi connectivity index (χ3n) is 3.04. The summed E-state index contributed by atoms with van der Waals surface area (Å²) in [4.78, 5) is 15.4. The first-order valence-electron chi connectivity index (χ1n) is 6.57. The van der Waals surface area contributed by atoms with Gasteiger partial charge in [-0.05, 0) is 18.9 Å². The van der Waals surface area contributed by atoms with Crippen molar-refractivity contribution in [1.29, 1.82) is 0 Å². The van der Waals surface area contributed by atoms with Crippen LogP contribution in [0.4, 0.5) is 5.69 Å². The fourth-order valence-electron chi connectivity index (χ4n) is 1.93. The van der Waals surface area contributed by atoms with Crippen LogP contribution in [0, 0.1) is 0 Å². The van der Waals surface area contributed by atoms with Crippen molar-refractivity contribution in [3.63, 3.8) is 0 Å². The van der Waals surface area contributed by atoms with Gasteiger partial charge >= 0.3 is 5.97 Å². The number of esters is 1. The van der Waals surface area contributed by atoms with Crippen LogP contribution in [0.2, 0.25) is 0 Å². The van der Waals surface area contributed by atoms with Crippen molar-refractivity contribution >= 4 is 11.7 Å². The molecule has 0 radical (unpaired) electrons. The number of oxazole rings is 1. The fraction of sp³-hybridized carbons (Fsp3) is 0.333. The van der Waals surface area contributed by atoms with E-state index in [0.717, 1.165) is 24.1 Å². The smallest absolute Gasteiger partial charge is 0.305 e. The molecule has 20 heavy (non-hydrogen) atoms. The minimum atomic E-state index is -0.185. The molecule has 5 heteroatoms. The SMILES string of the molecule is COC(=O)CCCCc1nc(-c2ccccc2N)co1. The van der Waals surface area contributed by atoms with Gasteiger partial charge in [0.25, 0.3) is 0 Å². The number of ether oxygens (including phenoxy) is 1. The number of benzene rings is 1. The molecule has 0 aliphatic carbocycles. The summed E-state index contributed by atoms with van der Waals surface area (Å²) >= 11 is 0. The van der Waals surface area contributed by atoms with Crippen molar-refractivity contribution in [2.24, 2.45) is 0 Å². The molecule has 0 spiro atoms. The van der Waals surface area contributed by atoms with Gasteiger partial charge in [-0.2, -0.15) is 0 Å². The van der Waals surface area contributed by atoms with Gasteiger partial charge in [0.1, 0.15) is 12.0 Å². The van der Waals surface area contributed by atoms with Crippen LogP contribution in [0.15, 0.2) is 34.9 Å². The van der Waals surface area contributed by atoms with Crippen LogP contribution in [0.5, 0.6) is 0 Å². The average Bonchev–Trinajstić information content (AvgIpc) is 2.92. The molecule has 1 heterocycles. The second kappa shape index (κ2) is 6.75. The summed E-state index contributed by atoms with van der Waals surface area (Å²) in [5, 5.41) is 0. The van der Waals surface area contributed by atoms with E-state index in [9.17, 15) is 4.79 Å². The zero-order valence-electron chi connectivity index (χ0n) is 11.5. The lowest BCUT2D eigenvalue weighted by atomic mass is 10.1. The van der Waals surface area contributed by atoms with Crippen LogP contribution in [-0.2, 0) is 16.0 Å². The van der Waals surface area contributed by atoms with Crippen molar-refractivity contribution in [3.8, 4) is 11.3 Å². The van der Waals surface area contributed by atoms with Gasteiger partial charge in [-0.3, -0.25) is 4.79 Å². The van der Waals surface area contributed by atoms with Crippen LogP contribution < -0.4 is 5.73 Å². The second-order valence-corrected chi connectivity index (χ2v) is 4.50. The number of carbonyl (C=O) groups is 1. The zero-order chi connectivity index (χ0) is 14.4. The number of methoxy groups -OCH3 is 1. The molecule has 0 aliphatic heterocycles. The number of unbranched alkanes of at least 4 members (excludes halogenated alkanes) is 1. The number of hydrogen-bond acceptors (Lipinski definition) is 5. The lowest BCUT2D eigenvalue weighted by molar-refractivity contribution is -0.140. The number of aromatic nitrogens is 1. The quantitative estimate of drug-likeness (QED) is 0.498. The van der Waals surface area contributed by atoms with Gasteiger partial charge in [0, 0.05) is 24.1 Å². The Morgan fingerprint density at radius 2 is 2.15 bits per heavy atom. The topological polar surface area (TPSA) is 78.3 Å². The van der Waals surface area contributed by atoms with Gasteiger partial charge in [0.2, 0.25) is 0 Å². The summed E-state index contributed by atoms with van der Waals surface area (Å²) < 4.78 is 10.0. The Kier molecular flexibility index (Phi) is 4.76. The number of hydrogen-bond donors (Lipinski definition) is 1. The monoisotopic (exact) mass is 274 g/mol. The van der Waals surface area contributed by atoms with E-state index in [1.165, 1.54) is 7.11 Å². The first-order chi connectivity index (χ1) is 9.70. The van der Waals surface area contributed by atoms with E-state index in [0.29, 0.717) is 24.4 Å². The summed E-state index contributed by atoms with van der Waals surface area (Å²) in [6, 6.07) is 7.54. The first-order valence-corrected chi connectivity index (χ1v) is 6.57. The molecule has 0 amide bonds. The van der Waals surface area contributed by atoms with E-state index in [1.807, 2.05) is 24.3 Å². The van der Waals surface area contributed by atoms with E-state index in [-0.39, 0.29) is 5.97 Å². The Balaban J connectivity index is 1.90. The van der Waals surface area contributed by atoms with Gasteiger partial charge in [-0.1, -0.05) is 18.2 Å². The normalized spacial score (nSPS) is 10.4. The highest BCUT2D eigenvalue weighted by atomic mass is 16.5. The third kappa shape index (κ3) is 3.60. The van der Waals surface area contributed by atoms with Gasteiger partial charge in [0.15, 0.2) is 5.89 Å². The molecule has 106 valence electrons. The minimum absolute atomic E-state index is 0.185. The lowest BCUT2D eigenvalue weighted by Gasteiger charge is -1.99. The van der Waals surface area contributed by atoms with E-state index in [1.54, 1.807) is 6.26 Å². The molecule has 0 saturated heterocycles. The molecule has 0 unspecified atom stereocenters. The van der Waals surface area contributed by atoms with E-state index in [2.05, 4.69) is 9.72 Å². The molecular formula is C15H18N2O3. The molecule has 5 nitrogen and oxygen atoms in total. The number of aryl methyl sites for hydroxylation is 1. The average molecular weight is 274 g/mol. The molecule has 1 aromatic heterocycles. The fourth-order valence-corrected chi connectivity index (χ4v) is 1.93. The van der Waals surface area contributed by atoms with Gasteiger partial charge in [-0.15, -0.1) is 0 Å². The summed E-state index contributed by atoms with van der Waals surface area (Å²) in [5.41, 5.74) is 8.19. The van der Waals surface area contributed by atoms with Crippen molar-refractivity contribution in [3.05, 3.63) is 36.4 Å². The van der Waals surface area contributed by atoms with Crippen LogP contribution in [-0.4, -0.2) is 18.1 Å². The number of anilines is 1. The largest absolute Gasteiger partial charge is 0.469 e.